The predicted molar refractivity (Wildman–Crippen MR) is 98.6 cm³/mol. The molecule has 11 heteroatoms. The molecule has 9 nitrogen and oxygen atoms in total. The van der Waals surface area contributed by atoms with Crippen molar-refractivity contribution in [3.63, 3.8) is 0 Å². The molecule has 0 aliphatic carbocycles. The number of fused-ring (bicyclic) bond motifs is 1. The van der Waals surface area contributed by atoms with Crippen molar-refractivity contribution < 1.29 is 18.6 Å². The van der Waals surface area contributed by atoms with Crippen molar-refractivity contribution in [2.24, 2.45) is 0 Å². The monoisotopic (exact) mass is 399 g/mol. The van der Waals surface area contributed by atoms with Gasteiger partial charge in [0.2, 0.25) is 11.8 Å². The molecule has 0 radical (unpaired) electrons. The summed E-state index contributed by atoms with van der Waals surface area (Å²) < 4.78 is 33.2. The Balaban J connectivity index is 1.66. The second-order valence-corrected chi connectivity index (χ2v) is 6.02. The lowest BCUT2D eigenvalue weighted by molar-refractivity contribution is 0.275. The smallest absolute Gasteiger partial charge is 0.225 e. The van der Waals surface area contributed by atoms with E-state index in [1.54, 1.807) is 18.3 Å². The Labute approximate surface area is 163 Å². The van der Waals surface area contributed by atoms with E-state index >= 15 is 0 Å². The molecule has 0 aliphatic heterocycles. The molecule has 0 spiro atoms. The van der Waals surface area contributed by atoms with Crippen LogP contribution in [0.25, 0.3) is 16.9 Å². The van der Waals surface area contributed by atoms with Crippen molar-refractivity contribution in [2.75, 3.05) is 19.0 Å². The molecule has 148 valence electrons. The molecule has 29 heavy (non-hydrogen) atoms. The summed E-state index contributed by atoms with van der Waals surface area (Å²) in [5.74, 6) is -1.36. The SMILES string of the molecule is COc1ccc(-n2nnc3cnc(NC(CO)c4ccc(F)c(F)c4)nc32)cn1. The normalized spacial score (nSPS) is 12.1. The Morgan fingerprint density at radius 2 is 2.00 bits per heavy atom. The van der Waals surface area contributed by atoms with Crippen molar-refractivity contribution in [2.45, 2.75) is 6.04 Å². The van der Waals surface area contributed by atoms with E-state index in [1.807, 2.05) is 0 Å². The zero-order valence-electron chi connectivity index (χ0n) is 15.1. The van der Waals surface area contributed by atoms with E-state index in [9.17, 15) is 13.9 Å². The summed E-state index contributed by atoms with van der Waals surface area (Å²) in [5.41, 5.74) is 1.80. The molecular formula is C18H15F2N7O2. The van der Waals surface area contributed by atoms with E-state index in [1.165, 1.54) is 24.1 Å². The van der Waals surface area contributed by atoms with Gasteiger partial charge in [-0.1, -0.05) is 11.3 Å². The number of methoxy groups -OCH3 is 1. The maximum Gasteiger partial charge on any atom is 0.225 e. The Kier molecular flexibility index (Phi) is 4.96. The molecule has 2 N–H and O–H groups in total. The number of rotatable bonds is 6. The van der Waals surface area contributed by atoms with Gasteiger partial charge in [0.15, 0.2) is 22.8 Å². The molecular weight excluding hydrogens is 384 g/mol. The highest BCUT2D eigenvalue weighted by Gasteiger charge is 2.16. The minimum absolute atomic E-state index is 0.159. The van der Waals surface area contributed by atoms with Crippen LogP contribution in [0.4, 0.5) is 14.7 Å². The fourth-order valence-electron chi connectivity index (χ4n) is 2.71. The molecule has 3 aromatic heterocycles. The number of anilines is 1. The number of hydrogen-bond donors (Lipinski definition) is 2. The highest BCUT2D eigenvalue weighted by Crippen LogP contribution is 2.21. The van der Waals surface area contributed by atoms with E-state index in [0.717, 1.165) is 12.1 Å². The van der Waals surface area contributed by atoms with Crippen molar-refractivity contribution in [1.29, 1.82) is 0 Å². The second-order valence-electron chi connectivity index (χ2n) is 6.02. The van der Waals surface area contributed by atoms with Crippen LogP contribution in [0, 0.1) is 11.6 Å². The van der Waals surface area contributed by atoms with Gasteiger partial charge in [0, 0.05) is 6.07 Å². The highest BCUT2D eigenvalue weighted by atomic mass is 19.2. The lowest BCUT2D eigenvalue weighted by Crippen LogP contribution is -2.17. The molecule has 4 aromatic rings. The topological polar surface area (TPSA) is 111 Å². The van der Waals surface area contributed by atoms with Crippen molar-refractivity contribution in [3.8, 4) is 11.6 Å². The quantitative estimate of drug-likeness (QED) is 0.507. The van der Waals surface area contributed by atoms with Gasteiger partial charge in [-0.05, 0) is 23.8 Å². The summed E-state index contributed by atoms with van der Waals surface area (Å²) in [6.45, 7) is -0.383. The van der Waals surface area contributed by atoms with Gasteiger partial charge in [-0.3, -0.25) is 0 Å². The molecule has 0 aliphatic rings. The van der Waals surface area contributed by atoms with E-state index in [-0.39, 0.29) is 12.6 Å². The number of aromatic nitrogens is 6. The van der Waals surface area contributed by atoms with Crippen molar-refractivity contribution in [1.82, 2.24) is 29.9 Å². The number of ether oxygens (including phenoxy) is 1. The molecule has 0 saturated heterocycles. The summed E-state index contributed by atoms with van der Waals surface area (Å²) >= 11 is 0. The molecule has 0 bridgehead atoms. The lowest BCUT2D eigenvalue weighted by atomic mass is 10.1. The van der Waals surface area contributed by atoms with Crippen LogP contribution in [0.2, 0.25) is 0 Å². The largest absolute Gasteiger partial charge is 0.481 e. The second kappa shape index (κ2) is 7.72. The number of pyridine rings is 1. The van der Waals surface area contributed by atoms with E-state index < -0.39 is 17.7 Å². The van der Waals surface area contributed by atoms with E-state index in [2.05, 4.69) is 30.6 Å². The van der Waals surface area contributed by atoms with Crippen LogP contribution in [-0.2, 0) is 0 Å². The Bertz CT molecular complexity index is 1150. The zero-order valence-corrected chi connectivity index (χ0v) is 15.1. The lowest BCUT2D eigenvalue weighted by Gasteiger charge is -2.16. The van der Waals surface area contributed by atoms with Gasteiger partial charge < -0.3 is 15.2 Å². The van der Waals surface area contributed by atoms with Gasteiger partial charge in [0.25, 0.3) is 0 Å². The maximum atomic E-state index is 13.5. The summed E-state index contributed by atoms with van der Waals surface area (Å²) in [6.07, 6.45) is 3.02. The summed E-state index contributed by atoms with van der Waals surface area (Å²) in [7, 11) is 1.52. The van der Waals surface area contributed by atoms with E-state index in [0.29, 0.717) is 28.3 Å². The average Bonchev–Trinajstić information content (AvgIpc) is 3.17. The first-order chi connectivity index (χ1) is 14.1. The molecule has 0 amide bonds. The van der Waals surface area contributed by atoms with Gasteiger partial charge in [-0.2, -0.15) is 9.67 Å². The third-order valence-corrected chi connectivity index (χ3v) is 4.20. The molecule has 4 rings (SSSR count). The van der Waals surface area contributed by atoms with Crippen LogP contribution in [0.5, 0.6) is 5.88 Å². The molecule has 3 heterocycles. The van der Waals surface area contributed by atoms with Gasteiger partial charge in [-0.15, -0.1) is 5.10 Å². The average molecular weight is 399 g/mol. The number of benzene rings is 1. The molecule has 0 fully saturated rings. The summed E-state index contributed by atoms with van der Waals surface area (Å²) in [5, 5.41) is 20.7. The number of halogens is 2. The Morgan fingerprint density at radius 3 is 2.69 bits per heavy atom. The number of nitrogens with zero attached hydrogens (tertiary/aromatic N) is 6. The summed E-state index contributed by atoms with van der Waals surface area (Å²) in [4.78, 5) is 12.7. The minimum atomic E-state index is -1.01. The van der Waals surface area contributed by atoms with Crippen LogP contribution in [0.15, 0.2) is 42.7 Å². The fourth-order valence-corrected chi connectivity index (χ4v) is 2.71. The van der Waals surface area contributed by atoms with Gasteiger partial charge >= 0.3 is 0 Å². The first-order valence-electron chi connectivity index (χ1n) is 8.50. The van der Waals surface area contributed by atoms with Crippen molar-refractivity contribution >= 4 is 17.1 Å². The van der Waals surface area contributed by atoms with E-state index in [4.69, 9.17) is 4.74 Å². The van der Waals surface area contributed by atoms with Gasteiger partial charge in [0.1, 0.15) is 0 Å². The van der Waals surface area contributed by atoms with Crippen LogP contribution >= 0.6 is 0 Å². The van der Waals surface area contributed by atoms with Crippen LogP contribution in [0.3, 0.4) is 0 Å². The van der Waals surface area contributed by atoms with Crippen LogP contribution in [0.1, 0.15) is 11.6 Å². The van der Waals surface area contributed by atoms with Gasteiger partial charge in [-0.25, -0.2) is 18.7 Å². The zero-order chi connectivity index (χ0) is 20.4. The Morgan fingerprint density at radius 1 is 1.14 bits per heavy atom. The molecule has 1 aromatic carbocycles. The molecule has 1 atom stereocenters. The minimum Gasteiger partial charge on any atom is -0.481 e. The predicted octanol–water partition coefficient (Wildman–Crippen LogP) is 2.04. The van der Waals surface area contributed by atoms with Gasteiger partial charge in [0.05, 0.1) is 37.8 Å². The fraction of sp³-hybridized carbons (Fsp3) is 0.167. The van der Waals surface area contributed by atoms with Crippen molar-refractivity contribution in [3.05, 3.63) is 59.9 Å². The number of aliphatic hydroxyl groups is 1. The first-order valence-corrected chi connectivity index (χ1v) is 8.50. The number of hydrogen-bond acceptors (Lipinski definition) is 8. The first kappa shape index (κ1) is 18.6. The third-order valence-electron chi connectivity index (χ3n) is 4.20. The number of nitrogens with one attached hydrogen (secondary N) is 1. The number of aliphatic hydroxyl groups excluding tert-OH is 1. The molecule has 0 saturated carbocycles. The third kappa shape index (κ3) is 3.67. The maximum absolute atomic E-state index is 13.5. The standard InChI is InChI=1S/C18H15F2N7O2/c1-29-16-5-3-11(7-21-16)27-17-14(25-26-27)8-22-18(24-17)23-15(9-28)10-2-4-12(19)13(20)6-10/h2-8,15,28H,9H2,1H3,(H,22,23,24). The van der Waals surface area contributed by atoms with Crippen LogP contribution < -0.4 is 10.1 Å². The summed E-state index contributed by atoms with van der Waals surface area (Å²) in [6, 6.07) is 6.06. The highest BCUT2D eigenvalue weighted by molar-refractivity contribution is 5.71. The Hall–Kier alpha value is -3.73. The van der Waals surface area contributed by atoms with Crippen LogP contribution in [-0.4, -0.2) is 48.8 Å². The molecule has 1 unspecified atom stereocenters.